The minimum absolute atomic E-state index is 0.0608. The SMILES string of the molecule is O=C1C=C(CCCCl)C(=O)C=C1CCCCl. The van der Waals surface area contributed by atoms with Crippen molar-refractivity contribution >= 4 is 34.8 Å². The molecule has 0 aromatic carbocycles. The van der Waals surface area contributed by atoms with Crippen molar-refractivity contribution in [2.45, 2.75) is 25.7 Å². The van der Waals surface area contributed by atoms with E-state index < -0.39 is 0 Å². The van der Waals surface area contributed by atoms with E-state index in [9.17, 15) is 9.59 Å². The highest BCUT2D eigenvalue weighted by Gasteiger charge is 2.19. The average Bonchev–Trinajstić information content (AvgIpc) is 2.28. The van der Waals surface area contributed by atoms with Gasteiger partial charge in [-0.1, -0.05) is 0 Å². The van der Waals surface area contributed by atoms with Crippen molar-refractivity contribution in [3.05, 3.63) is 23.3 Å². The minimum atomic E-state index is -0.0608. The van der Waals surface area contributed by atoms with E-state index in [1.165, 1.54) is 12.2 Å². The Bertz CT molecular complexity index is 309. The third-order valence-corrected chi connectivity index (χ3v) is 2.94. The molecule has 88 valence electrons. The minimum Gasteiger partial charge on any atom is -0.290 e. The van der Waals surface area contributed by atoms with Gasteiger partial charge in [-0.15, -0.1) is 23.2 Å². The lowest BCUT2D eigenvalue weighted by molar-refractivity contribution is -0.115. The summed E-state index contributed by atoms with van der Waals surface area (Å²) in [7, 11) is 0. The molecule has 0 aliphatic heterocycles. The summed E-state index contributed by atoms with van der Waals surface area (Å²) in [5, 5.41) is 0. The summed E-state index contributed by atoms with van der Waals surface area (Å²) in [4.78, 5) is 23.3. The van der Waals surface area contributed by atoms with Crippen LogP contribution in [0.4, 0.5) is 0 Å². The number of ketones is 2. The molecule has 0 saturated heterocycles. The summed E-state index contributed by atoms with van der Waals surface area (Å²) in [5.74, 6) is 0.882. The van der Waals surface area contributed by atoms with Gasteiger partial charge in [-0.3, -0.25) is 9.59 Å². The number of hydrogen-bond acceptors (Lipinski definition) is 2. The Kier molecular flexibility index (Phi) is 5.78. The van der Waals surface area contributed by atoms with E-state index >= 15 is 0 Å². The van der Waals surface area contributed by atoms with Crippen LogP contribution in [0.15, 0.2) is 23.3 Å². The molecule has 0 aromatic rings. The summed E-state index contributed by atoms with van der Waals surface area (Å²) < 4.78 is 0. The molecule has 0 radical (unpaired) electrons. The highest BCUT2D eigenvalue weighted by atomic mass is 35.5. The molecule has 1 rings (SSSR count). The van der Waals surface area contributed by atoms with E-state index in [4.69, 9.17) is 23.2 Å². The number of alkyl halides is 2. The van der Waals surface area contributed by atoms with Crippen molar-refractivity contribution < 1.29 is 9.59 Å². The highest BCUT2D eigenvalue weighted by molar-refractivity contribution is 6.20. The topological polar surface area (TPSA) is 34.1 Å². The van der Waals surface area contributed by atoms with E-state index in [1.54, 1.807) is 0 Å². The molecule has 1 aliphatic carbocycles. The van der Waals surface area contributed by atoms with Gasteiger partial charge in [0.2, 0.25) is 0 Å². The summed E-state index contributed by atoms with van der Waals surface area (Å²) >= 11 is 11.1. The third kappa shape index (κ3) is 3.76. The predicted octanol–water partition coefficient (Wildman–Crippen LogP) is 3.03. The molecule has 2 nitrogen and oxygen atoms in total. The molecular formula is C12H14Cl2O2. The zero-order valence-electron chi connectivity index (χ0n) is 8.97. The van der Waals surface area contributed by atoms with Gasteiger partial charge in [0.15, 0.2) is 11.6 Å². The first kappa shape index (κ1) is 13.5. The van der Waals surface area contributed by atoms with Gasteiger partial charge >= 0.3 is 0 Å². The molecular weight excluding hydrogens is 247 g/mol. The second-order valence-electron chi connectivity index (χ2n) is 3.65. The van der Waals surface area contributed by atoms with E-state index in [2.05, 4.69) is 0 Å². The standard InChI is InChI=1S/C12H14Cl2O2/c13-5-1-3-9-7-12(16)10(4-2-6-14)8-11(9)15/h7-8H,1-6H2. The zero-order valence-corrected chi connectivity index (χ0v) is 10.5. The van der Waals surface area contributed by atoms with E-state index in [-0.39, 0.29) is 11.6 Å². The average molecular weight is 261 g/mol. The Balaban J connectivity index is 2.64. The Morgan fingerprint density at radius 1 is 0.812 bits per heavy atom. The van der Waals surface area contributed by atoms with Gasteiger partial charge in [0.1, 0.15) is 0 Å². The van der Waals surface area contributed by atoms with Crippen molar-refractivity contribution in [1.82, 2.24) is 0 Å². The van der Waals surface area contributed by atoms with Crippen molar-refractivity contribution in [2.75, 3.05) is 11.8 Å². The molecule has 0 aromatic heterocycles. The van der Waals surface area contributed by atoms with Crippen LogP contribution in [-0.4, -0.2) is 23.3 Å². The lowest BCUT2D eigenvalue weighted by Gasteiger charge is -2.11. The Labute approximate surface area is 105 Å². The van der Waals surface area contributed by atoms with Gasteiger partial charge in [0, 0.05) is 22.9 Å². The molecule has 4 heteroatoms. The van der Waals surface area contributed by atoms with Gasteiger partial charge in [-0.25, -0.2) is 0 Å². The van der Waals surface area contributed by atoms with Crippen LogP contribution in [0, 0.1) is 0 Å². The van der Waals surface area contributed by atoms with Gasteiger partial charge in [-0.2, -0.15) is 0 Å². The molecule has 0 unspecified atom stereocenters. The van der Waals surface area contributed by atoms with Crippen molar-refractivity contribution in [2.24, 2.45) is 0 Å². The summed E-state index contributed by atoms with van der Waals surface area (Å²) in [5.41, 5.74) is 1.14. The maximum atomic E-state index is 11.6. The number of carbonyl (C=O) groups is 2. The lowest BCUT2D eigenvalue weighted by Crippen LogP contribution is -2.13. The smallest absolute Gasteiger partial charge is 0.182 e. The number of rotatable bonds is 6. The number of hydrogen-bond donors (Lipinski definition) is 0. The first-order valence-electron chi connectivity index (χ1n) is 5.30. The Morgan fingerprint density at radius 2 is 1.19 bits per heavy atom. The Morgan fingerprint density at radius 3 is 1.50 bits per heavy atom. The monoisotopic (exact) mass is 260 g/mol. The van der Waals surface area contributed by atoms with Crippen LogP contribution >= 0.6 is 23.2 Å². The summed E-state index contributed by atoms with van der Waals surface area (Å²) in [6.07, 6.45) is 5.48. The molecule has 0 saturated carbocycles. The fourth-order valence-electron chi connectivity index (χ4n) is 1.55. The molecule has 0 atom stereocenters. The molecule has 0 bridgehead atoms. The largest absolute Gasteiger partial charge is 0.290 e. The first-order valence-corrected chi connectivity index (χ1v) is 6.37. The molecule has 1 aliphatic rings. The highest BCUT2D eigenvalue weighted by Crippen LogP contribution is 2.19. The van der Waals surface area contributed by atoms with Gasteiger partial charge in [-0.05, 0) is 37.8 Å². The van der Waals surface area contributed by atoms with Gasteiger partial charge in [0.05, 0.1) is 0 Å². The number of allylic oxidation sites excluding steroid dienone is 4. The van der Waals surface area contributed by atoms with Crippen LogP contribution in [0.2, 0.25) is 0 Å². The van der Waals surface area contributed by atoms with Crippen LogP contribution in [0.1, 0.15) is 25.7 Å². The van der Waals surface area contributed by atoms with E-state index in [0.717, 1.165) is 12.8 Å². The van der Waals surface area contributed by atoms with E-state index in [1.807, 2.05) is 0 Å². The predicted molar refractivity (Wildman–Crippen MR) is 66.1 cm³/mol. The van der Waals surface area contributed by atoms with E-state index in [0.29, 0.717) is 35.7 Å². The second-order valence-corrected chi connectivity index (χ2v) is 4.41. The van der Waals surface area contributed by atoms with Crippen molar-refractivity contribution in [1.29, 1.82) is 0 Å². The zero-order chi connectivity index (χ0) is 12.0. The number of halogens is 2. The second kappa shape index (κ2) is 6.87. The maximum Gasteiger partial charge on any atom is 0.182 e. The molecule has 0 spiro atoms. The molecule has 0 amide bonds. The first-order chi connectivity index (χ1) is 7.69. The fraction of sp³-hybridized carbons (Fsp3) is 0.500. The summed E-state index contributed by atoms with van der Waals surface area (Å²) in [6, 6.07) is 0. The van der Waals surface area contributed by atoms with Crippen LogP contribution in [0.5, 0.6) is 0 Å². The van der Waals surface area contributed by atoms with Crippen LogP contribution in [-0.2, 0) is 9.59 Å². The van der Waals surface area contributed by atoms with Crippen LogP contribution < -0.4 is 0 Å². The normalized spacial score (nSPS) is 16.1. The quantitative estimate of drug-likeness (QED) is 0.544. The lowest BCUT2D eigenvalue weighted by atomic mass is 9.92. The van der Waals surface area contributed by atoms with Gasteiger partial charge < -0.3 is 0 Å². The Hall–Kier alpha value is -0.600. The molecule has 0 fully saturated rings. The molecule has 0 N–H and O–H groups in total. The summed E-state index contributed by atoms with van der Waals surface area (Å²) in [6.45, 7) is 0. The maximum absolute atomic E-state index is 11.6. The fourth-order valence-corrected chi connectivity index (χ4v) is 1.82. The number of carbonyl (C=O) groups excluding carboxylic acids is 2. The third-order valence-electron chi connectivity index (χ3n) is 2.40. The van der Waals surface area contributed by atoms with Crippen molar-refractivity contribution in [3.8, 4) is 0 Å². The molecule has 16 heavy (non-hydrogen) atoms. The molecule has 0 heterocycles. The van der Waals surface area contributed by atoms with Crippen LogP contribution in [0.25, 0.3) is 0 Å². The van der Waals surface area contributed by atoms with Crippen LogP contribution in [0.3, 0.4) is 0 Å². The van der Waals surface area contributed by atoms with Gasteiger partial charge in [0.25, 0.3) is 0 Å². The van der Waals surface area contributed by atoms with Crippen molar-refractivity contribution in [3.63, 3.8) is 0 Å².